The van der Waals surface area contributed by atoms with E-state index >= 15 is 0 Å². The van der Waals surface area contributed by atoms with Crippen LogP contribution in [-0.2, 0) is 0 Å². The summed E-state index contributed by atoms with van der Waals surface area (Å²) in [6, 6.07) is 10.3. The van der Waals surface area contributed by atoms with Crippen molar-refractivity contribution in [3.8, 4) is 0 Å². The fourth-order valence-corrected chi connectivity index (χ4v) is 2.55. The van der Waals surface area contributed by atoms with Gasteiger partial charge in [-0.25, -0.2) is 0 Å². The van der Waals surface area contributed by atoms with Crippen LogP contribution in [0.1, 0.15) is 4.88 Å². The molecule has 0 atom stereocenters. The van der Waals surface area contributed by atoms with E-state index in [0.29, 0.717) is 4.49 Å². The molecule has 0 bridgehead atoms. The minimum absolute atomic E-state index is 0.298. The summed E-state index contributed by atoms with van der Waals surface area (Å²) < 4.78 is 1.55. The van der Waals surface area contributed by atoms with Gasteiger partial charge < -0.3 is 0 Å². The Kier molecular flexibility index (Phi) is 2.58. The fraction of sp³-hybridized carbons (Fsp3) is 0. The Morgan fingerprint density at radius 3 is 2.69 bits per heavy atom. The molecule has 0 saturated heterocycles. The normalized spacial score (nSPS) is 10.3. The maximum absolute atomic E-state index is 5.57. The topological polar surface area (TPSA) is 0 Å². The van der Waals surface area contributed by atoms with Gasteiger partial charge in [-0.15, -0.1) is 11.3 Å². The second kappa shape index (κ2) is 3.70. The maximum Gasteiger partial charge on any atom is 0.108 e. The summed E-state index contributed by atoms with van der Waals surface area (Å²) in [5.74, 6) is 0. The van der Waals surface area contributed by atoms with Crippen LogP contribution in [0.5, 0.6) is 0 Å². The maximum atomic E-state index is 5.57. The molecule has 13 heavy (non-hydrogen) atoms. The van der Waals surface area contributed by atoms with Gasteiger partial charge in [-0.2, -0.15) is 0 Å². The summed E-state index contributed by atoms with van der Waals surface area (Å²) in [5, 5.41) is 1.23. The van der Waals surface area contributed by atoms with Gasteiger partial charge in [0.25, 0.3) is 0 Å². The van der Waals surface area contributed by atoms with Crippen LogP contribution in [0, 0.1) is 0 Å². The van der Waals surface area contributed by atoms with E-state index in [2.05, 4.69) is 18.2 Å². The van der Waals surface area contributed by atoms with Crippen molar-refractivity contribution in [3.63, 3.8) is 0 Å². The zero-order chi connectivity index (χ0) is 9.26. The molecule has 1 aromatic heterocycles. The molecule has 0 nitrogen and oxygen atoms in total. The van der Waals surface area contributed by atoms with Gasteiger partial charge in [0.2, 0.25) is 0 Å². The largest absolute Gasteiger partial charge is 0.136 e. The van der Waals surface area contributed by atoms with Crippen LogP contribution in [0.4, 0.5) is 0 Å². The van der Waals surface area contributed by atoms with Crippen molar-refractivity contribution >= 4 is 50.7 Å². The van der Waals surface area contributed by atoms with Crippen molar-refractivity contribution in [1.82, 2.24) is 0 Å². The highest BCUT2D eigenvalue weighted by Crippen LogP contribution is 2.27. The van der Waals surface area contributed by atoms with E-state index in [-0.39, 0.29) is 0 Å². The zero-order valence-corrected chi connectivity index (χ0v) is 8.96. The number of rotatable bonds is 1. The number of hydrogen-bond acceptors (Lipinski definition) is 1. The number of hydrogen-bond donors (Lipinski definition) is 0. The third kappa shape index (κ3) is 2.05. The molecular formula is C10H6Cl2S. The van der Waals surface area contributed by atoms with Gasteiger partial charge in [0.15, 0.2) is 0 Å². The number of halogens is 2. The number of thiophene rings is 1. The van der Waals surface area contributed by atoms with Gasteiger partial charge in [-0.3, -0.25) is 0 Å². The summed E-state index contributed by atoms with van der Waals surface area (Å²) in [6.07, 6.45) is 1.76. The Morgan fingerprint density at radius 1 is 1.23 bits per heavy atom. The summed E-state index contributed by atoms with van der Waals surface area (Å²) in [5.41, 5.74) is 0. The third-order valence-electron chi connectivity index (χ3n) is 1.70. The first kappa shape index (κ1) is 9.07. The van der Waals surface area contributed by atoms with Crippen molar-refractivity contribution in [3.05, 3.63) is 39.7 Å². The summed E-state index contributed by atoms with van der Waals surface area (Å²) in [4.78, 5) is 1.08. The first-order chi connectivity index (χ1) is 6.25. The molecule has 1 aromatic carbocycles. The predicted octanol–water partition coefficient (Wildman–Crippen LogP) is 4.68. The molecule has 0 N–H and O–H groups in total. The average molecular weight is 229 g/mol. The van der Waals surface area contributed by atoms with E-state index in [1.54, 1.807) is 17.4 Å². The zero-order valence-electron chi connectivity index (χ0n) is 6.63. The lowest BCUT2D eigenvalue weighted by Gasteiger charge is -1.82. The first-order valence-corrected chi connectivity index (χ1v) is 5.34. The Balaban J connectivity index is 2.56. The van der Waals surface area contributed by atoms with E-state index in [1.165, 1.54) is 10.1 Å². The van der Waals surface area contributed by atoms with Gasteiger partial charge in [-0.05, 0) is 23.6 Å². The molecule has 0 spiro atoms. The van der Waals surface area contributed by atoms with Gasteiger partial charge >= 0.3 is 0 Å². The van der Waals surface area contributed by atoms with Crippen molar-refractivity contribution in [2.45, 2.75) is 0 Å². The minimum Gasteiger partial charge on any atom is -0.136 e. The average Bonchev–Trinajstić information content (AvgIpc) is 2.44. The summed E-state index contributed by atoms with van der Waals surface area (Å²) in [6.45, 7) is 0. The number of fused-ring (bicyclic) bond motifs is 1. The van der Waals surface area contributed by atoms with Crippen LogP contribution in [0.2, 0.25) is 0 Å². The van der Waals surface area contributed by atoms with E-state index in [9.17, 15) is 0 Å². The molecule has 3 heteroatoms. The van der Waals surface area contributed by atoms with E-state index in [0.717, 1.165) is 4.88 Å². The SMILES string of the molecule is ClC(Cl)=Cc1cc2ccccc2s1. The van der Waals surface area contributed by atoms with E-state index < -0.39 is 0 Å². The van der Waals surface area contributed by atoms with Crippen molar-refractivity contribution in [2.75, 3.05) is 0 Å². The smallest absolute Gasteiger partial charge is 0.108 e. The van der Waals surface area contributed by atoms with Gasteiger partial charge in [-0.1, -0.05) is 41.4 Å². The molecule has 0 fully saturated rings. The molecule has 0 aliphatic rings. The highest BCUT2D eigenvalue weighted by molar-refractivity contribution is 7.19. The van der Waals surface area contributed by atoms with Crippen LogP contribution >= 0.6 is 34.5 Å². The van der Waals surface area contributed by atoms with Crippen molar-refractivity contribution < 1.29 is 0 Å². The molecule has 2 aromatic rings. The highest BCUT2D eigenvalue weighted by Gasteiger charge is 1.98. The molecule has 2 rings (SSSR count). The van der Waals surface area contributed by atoms with E-state index in [4.69, 9.17) is 23.2 Å². The lowest BCUT2D eigenvalue weighted by atomic mass is 10.2. The molecular weight excluding hydrogens is 223 g/mol. The molecule has 0 amide bonds. The predicted molar refractivity (Wildman–Crippen MR) is 61.5 cm³/mol. The molecule has 0 radical (unpaired) electrons. The van der Waals surface area contributed by atoms with Gasteiger partial charge in [0.1, 0.15) is 4.49 Å². The Labute approximate surface area is 90.4 Å². The lowest BCUT2D eigenvalue weighted by molar-refractivity contribution is 1.85. The lowest BCUT2D eigenvalue weighted by Crippen LogP contribution is -1.57. The summed E-state index contributed by atoms with van der Waals surface area (Å²) >= 11 is 12.8. The molecule has 0 saturated carbocycles. The Hall–Kier alpha value is -0.500. The van der Waals surface area contributed by atoms with Crippen LogP contribution in [0.15, 0.2) is 34.8 Å². The van der Waals surface area contributed by atoms with Crippen LogP contribution in [0.25, 0.3) is 16.2 Å². The van der Waals surface area contributed by atoms with Crippen LogP contribution in [0.3, 0.4) is 0 Å². The highest BCUT2D eigenvalue weighted by atomic mass is 35.5. The molecule has 66 valence electrons. The summed E-state index contributed by atoms with van der Waals surface area (Å²) in [7, 11) is 0. The quantitative estimate of drug-likeness (QED) is 0.666. The second-order valence-electron chi connectivity index (χ2n) is 2.62. The van der Waals surface area contributed by atoms with Gasteiger partial charge in [0, 0.05) is 9.58 Å². The third-order valence-corrected chi connectivity index (χ3v) is 2.98. The monoisotopic (exact) mass is 228 g/mol. The minimum atomic E-state index is 0.298. The Morgan fingerprint density at radius 2 is 2.00 bits per heavy atom. The Bertz CT molecular complexity index is 420. The molecule has 0 unspecified atom stereocenters. The fourth-order valence-electron chi connectivity index (χ4n) is 1.18. The molecule has 0 aliphatic heterocycles. The molecule has 1 heterocycles. The first-order valence-electron chi connectivity index (χ1n) is 3.77. The van der Waals surface area contributed by atoms with E-state index in [1.807, 2.05) is 12.1 Å². The van der Waals surface area contributed by atoms with Crippen molar-refractivity contribution in [2.24, 2.45) is 0 Å². The van der Waals surface area contributed by atoms with Crippen LogP contribution in [-0.4, -0.2) is 0 Å². The second-order valence-corrected chi connectivity index (χ2v) is 4.74. The number of benzene rings is 1. The molecule has 0 aliphatic carbocycles. The standard InChI is InChI=1S/C10H6Cl2S/c11-10(12)6-8-5-7-3-1-2-4-9(7)13-8/h1-6H. The van der Waals surface area contributed by atoms with Crippen LogP contribution < -0.4 is 0 Å². The van der Waals surface area contributed by atoms with Crippen molar-refractivity contribution in [1.29, 1.82) is 0 Å². The van der Waals surface area contributed by atoms with Gasteiger partial charge in [0.05, 0.1) is 0 Å².